The summed E-state index contributed by atoms with van der Waals surface area (Å²) in [6.07, 6.45) is 8.60. The number of aromatic nitrogens is 3. The Morgan fingerprint density at radius 1 is 1.13 bits per heavy atom. The lowest BCUT2D eigenvalue weighted by Crippen LogP contribution is -2.54. The third-order valence-corrected chi connectivity index (χ3v) is 8.36. The summed E-state index contributed by atoms with van der Waals surface area (Å²) in [7, 11) is 0.706. The number of phosphoric ester groups is 1. The molecule has 1 aliphatic carbocycles. The molecular formula is C25H39ClN7O5P. The summed E-state index contributed by atoms with van der Waals surface area (Å²) in [6, 6.07) is 5.85. The van der Waals surface area contributed by atoms with Gasteiger partial charge in [-0.25, -0.2) is 0 Å². The highest BCUT2D eigenvalue weighted by molar-refractivity contribution is 7.44. The van der Waals surface area contributed by atoms with Gasteiger partial charge in [0, 0.05) is 37.7 Å². The van der Waals surface area contributed by atoms with Crippen LogP contribution in [0.1, 0.15) is 51.4 Å². The van der Waals surface area contributed by atoms with Crippen LogP contribution in [0.15, 0.2) is 18.2 Å². The van der Waals surface area contributed by atoms with Crippen molar-refractivity contribution in [3.63, 3.8) is 0 Å². The van der Waals surface area contributed by atoms with E-state index in [4.69, 9.17) is 35.7 Å². The van der Waals surface area contributed by atoms with Gasteiger partial charge in [-0.2, -0.15) is 15.0 Å². The summed E-state index contributed by atoms with van der Waals surface area (Å²) >= 11 is 6.33. The van der Waals surface area contributed by atoms with Crippen molar-refractivity contribution in [2.45, 2.75) is 63.5 Å². The highest BCUT2D eigenvalue weighted by Gasteiger charge is 2.34. The van der Waals surface area contributed by atoms with Crippen molar-refractivity contribution in [2.75, 3.05) is 56.6 Å². The predicted octanol–water partition coefficient (Wildman–Crippen LogP) is 3.89. The number of likely N-dealkylation sites (tertiary alicyclic amines) is 1. The quantitative estimate of drug-likeness (QED) is 0.213. The van der Waals surface area contributed by atoms with Crippen molar-refractivity contribution in [1.29, 1.82) is 0 Å². The van der Waals surface area contributed by atoms with Gasteiger partial charge in [0.25, 0.3) is 7.82 Å². The molecule has 0 radical (unpaired) electrons. The lowest BCUT2D eigenvalue weighted by atomic mass is 10.0. The van der Waals surface area contributed by atoms with E-state index in [0.29, 0.717) is 52.2 Å². The Morgan fingerprint density at radius 2 is 1.79 bits per heavy atom. The molecule has 1 saturated heterocycles. The van der Waals surface area contributed by atoms with Crippen LogP contribution >= 0.6 is 19.4 Å². The molecule has 12 nitrogen and oxygen atoms in total. The number of quaternary nitrogens is 1. The fourth-order valence-corrected chi connectivity index (χ4v) is 5.87. The molecule has 1 aromatic heterocycles. The van der Waals surface area contributed by atoms with Gasteiger partial charge < -0.3 is 34.5 Å². The van der Waals surface area contributed by atoms with Gasteiger partial charge in [0.1, 0.15) is 5.75 Å². The van der Waals surface area contributed by atoms with Gasteiger partial charge in [0.2, 0.25) is 17.8 Å². The number of rotatable bonds is 10. The molecule has 2 aromatic rings. The van der Waals surface area contributed by atoms with Crippen LogP contribution in [0.5, 0.6) is 5.75 Å². The normalized spacial score (nSPS) is 23.9. The summed E-state index contributed by atoms with van der Waals surface area (Å²) in [4.78, 5) is 36.3. The molecule has 4 rings (SSSR count). The van der Waals surface area contributed by atoms with Crippen molar-refractivity contribution in [3.8, 4) is 5.75 Å². The van der Waals surface area contributed by atoms with Crippen LogP contribution in [-0.4, -0.2) is 77.4 Å². The molecule has 2 heterocycles. The molecule has 0 amide bonds. The van der Waals surface area contributed by atoms with Crippen molar-refractivity contribution in [3.05, 3.63) is 23.2 Å². The van der Waals surface area contributed by atoms with E-state index in [0.717, 1.165) is 31.4 Å². The van der Waals surface area contributed by atoms with E-state index < -0.39 is 7.82 Å². The minimum Gasteiger partial charge on any atom is -0.756 e. The van der Waals surface area contributed by atoms with E-state index in [2.05, 4.69) is 20.5 Å². The number of piperidine rings is 1. The molecule has 0 bridgehead atoms. The van der Waals surface area contributed by atoms with Crippen LogP contribution in [0.4, 0.5) is 23.5 Å². The maximum atomic E-state index is 11.1. The highest BCUT2D eigenvalue weighted by Crippen LogP contribution is 2.33. The molecule has 1 saturated carbocycles. The third-order valence-electron chi connectivity index (χ3n) is 7.62. The van der Waals surface area contributed by atoms with Crippen LogP contribution in [0.2, 0.25) is 5.02 Å². The number of nitrogens with one attached hydrogen (secondary N) is 2. The van der Waals surface area contributed by atoms with Gasteiger partial charge in [0.05, 0.1) is 32.3 Å². The van der Waals surface area contributed by atoms with Crippen molar-refractivity contribution in [2.24, 2.45) is 0 Å². The minimum absolute atomic E-state index is 0.0899. The topological polar surface area (TPSA) is 145 Å². The zero-order valence-corrected chi connectivity index (χ0v) is 24.5. The fourth-order valence-electron chi connectivity index (χ4n) is 5.19. The first-order chi connectivity index (χ1) is 18.5. The molecule has 39 heavy (non-hydrogen) atoms. The lowest BCUT2D eigenvalue weighted by Gasteiger charge is -2.42. The Balaban J connectivity index is 1.52. The number of benzene rings is 1. The molecule has 2 fully saturated rings. The second-order valence-electron chi connectivity index (χ2n) is 10.7. The number of halogens is 1. The molecule has 3 N–H and O–H groups in total. The van der Waals surface area contributed by atoms with Gasteiger partial charge in [-0.3, -0.25) is 9.09 Å². The molecule has 0 spiro atoms. The molecule has 216 valence electrons. The van der Waals surface area contributed by atoms with E-state index in [-0.39, 0.29) is 12.8 Å². The average Bonchev–Trinajstić information content (AvgIpc) is 3.16. The summed E-state index contributed by atoms with van der Waals surface area (Å²) in [6.45, 7) is 1.28. The molecule has 14 heteroatoms. The van der Waals surface area contributed by atoms with Gasteiger partial charge in [-0.05, 0) is 31.0 Å². The van der Waals surface area contributed by atoms with E-state index in [1.165, 1.54) is 25.7 Å². The largest absolute Gasteiger partial charge is 0.756 e. The van der Waals surface area contributed by atoms with E-state index in [9.17, 15) is 9.46 Å². The first kappa shape index (κ1) is 29.8. The van der Waals surface area contributed by atoms with E-state index >= 15 is 0 Å². The zero-order valence-electron chi connectivity index (χ0n) is 22.8. The smallest absolute Gasteiger partial charge is 0.269 e. The number of nitrogens with zero attached hydrogens (tertiary/aromatic N) is 5. The Kier molecular flexibility index (Phi) is 9.90. The minimum atomic E-state index is -4.76. The average molecular weight is 584 g/mol. The molecule has 1 atom stereocenters. The van der Waals surface area contributed by atoms with Crippen LogP contribution in [0, 0.1) is 0 Å². The Bertz CT molecular complexity index is 1150. The van der Waals surface area contributed by atoms with Crippen LogP contribution < -0.4 is 25.2 Å². The Morgan fingerprint density at radius 3 is 2.41 bits per heavy atom. The van der Waals surface area contributed by atoms with Crippen LogP contribution in [-0.2, 0) is 9.09 Å². The zero-order chi connectivity index (χ0) is 28.0. The summed E-state index contributed by atoms with van der Waals surface area (Å²) in [5.74, 6) is 2.06. The Hall–Kier alpha value is -2.21. The standard InChI is InChI=1S/C25H39ClN7O5P/c1-32(20-12-14-33(2,15-13-20)17-38-39(34,35)36)25-30-23(27-18-8-6-4-5-7-9-18)29-24(31-25)28-19-10-11-22(37-3)21(26)16-19/h10-11,16,18,20H,4-9,12-15,17H2,1-3H3,(H3-,27,28,29,30,31,34,35,36). The number of methoxy groups -OCH3 is 1. The SMILES string of the molecule is COc1ccc(Nc2nc(NC3CCCCCC3)nc(N(C)C3CC[N+](C)(COP(=O)([O-])O)CC3)n2)cc1Cl. The van der Waals surface area contributed by atoms with Crippen LogP contribution in [0.25, 0.3) is 0 Å². The second-order valence-corrected chi connectivity index (χ2v) is 12.3. The van der Waals surface area contributed by atoms with Crippen LogP contribution in [0.3, 0.4) is 0 Å². The molecule has 1 aliphatic heterocycles. The number of hydrogen-bond donors (Lipinski definition) is 3. The first-order valence-electron chi connectivity index (χ1n) is 13.4. The molecular weight excluding hydrogens is 545 g/mol. The summed E-state index contributed by atoms with van der Waals surface area (Å²) < 4.78 is 21.4. The van der Waals surface area contributed by atoms with Crippen molar-refractivity contribution in [1.82, 2.24) is 15.0 Å². The van der Waals surface area contributed by atoms with Gasteiger partial charge >= 0.3 is 0 Å². The lowest BCUT2D eigenvalue weighted by molar-refractivity contribution is -0.929. The van der Waals surface area contributed by atoms with E-state index in [1.54, 1.807) is 19.2 Å². The molecule has 2 aliphatic rings. The van der Waals surface area contributed by atoms with E-state index in [1.807, 2.05) is 20.2 Å². The van der Waals surface area contributed by atoms with Gasteiger partial charge in [0.15, 0.2) is 6.73 Å². The first-order valence-corrected chi connectivity index (χ1v) is 15.3. The second kappa shape index (κ2) is 13.0. The Labute approximate surface area is 234 Å². The fraction of sp³-hybridized carbons (Fsp3) is 0.640. The molecule has 1 unspecified atom stereocenters. The van der Waals surface area contributed by atoms with Crippen molar-refractivity contribution < 1.29 is 28.1 Å². The monoisotopic (exact) mass is 583 g/mol. The predicted molar refractivity (Wildman–Crippen MR) is 149 cm³/mol. The maximum absolute atomic E-state index is 11.1. The number of phosphoric acid groups is 1. The summed E-state index contributed by atoms with van der Waals surface area (Å²) in [5.41, 5.74) is 0.728. The number of anilines is 4. The van der Waals surface area contributed by atoms with Crippen molar-refractivity contribution >= 4 is 43.0 Å². The number of ether oxygens (including phenoxy) is 1. The van der Waals surface area contributed by atoms with Gasteiger partial charge in [-0.15, -0.1) is 0 Å². The maximum Gasteiger partial charge on any atom is 0.269 e. The van der Waals surface area contributed by atoms with Gasteiger partial charge in [-0.1, -0.05) is 37.3 Å². The summed E-state index contributed by atoms with van der Waals surface area (Å²) in [5, 5.41) is 7.28. The third kappa shape index (κ3) is 8.64. The molecule has 1 aromatic carbocycles. The number of hydrogen-bond acceptors (Lipinski definition) is 10. The highest BCUT2D eigenvalue weighted by atomic mass is 35.5.